The molecule has 1 aliphatic rings. The number of nitrogens with zero attached hydrogens (tertiary/aromatic N) is 2. The number of rotatable bonds is 5. The van der Waals surface area contributed by atoms with E-state index in [1.54, 1.807) is 7.11 Å². The third kappa shape index (κ3) is 1.80. The van der Waals surface area contributed by atoms with Crippen molar-refractivity contribution in [1.29, 1.82) is 0 Å². The number of esters is 1. The predicted molar refractivity (Wildman–Crippen MR) is 61.9 cm³/mol. The van der Waals surface area contributed by atoms with Crippen molar-refractivity contribution >= 4 is 5.97 Å². The molecule has 0 radical (unpaired) electrons. The molecule has 0 N–H and O–H groups in total. The summed E-state index contributed by atoms with van der Waals surface area (Å²) in [6.45, 7) is 3.87. The van der Waals surface area contributed by atoms with Gasteiger partial charge in [0.15, 0.2) is 0 Å². The molecule has 1 fully saturated rings. The molecule has 1 atom stereocenters. The van der Waals surface area contributed by atoms with E-state index >= 15 is 0 Å². The largest absolute Gasteiger partial charge is 0.468 e. The number of ether oxygens (including phenoxy) is 2. The second-order valence-corrected chi connectivity index (χ2v) is 4.79. The van der Waals surface area contributed by atoms with Crippen molar-refractivity contribution in [2.75, 3.05) is 14.2 Å². The van der Waals surface area contributed by atoms with Gasteiger partial charge in [-0.1, -0.05) is 12.1 Å². The highest BCUT2D eigenvalue weighted by Crippen LogP contribution is 2.48. The maximum Gasteiger partial charge on any atom is 0.321 e. The quantitative estimate of drug-likeness (QED) is 0.742. The number of hydrogen-bond donors (Lipinski definition) is 0. The average Bonchev–Trinajstić information content (AvgIpc) is 3.07. The first-order chi connectivity index (χ1) is 8.52. The van der Waals surface area contributed by atoms with Crippen molar-refractivity contribution < 1.29 is 18.8 Å². The SMILES string of the molecule is CCC(C)(OC)c1noc(C2(C(=O)OC)CC2)n1. The molecule has 2 rings (SSSR count). The minimum absolute atomic E-state index is 0.312. The summed E-state index contributed by atoms with van der Waals surface area (Å²) in [5.41, 5.74) is -1.31. The minimum atomic E-state index is -0.720. The zero-order valence-corrected chi connectivity index (χ0v) is 11.1. The molecule has 18 heavy (non-hydrogen) atoms. The van der Waals surface area contributed by atoms with Crippen LogP contribution in [0.1, 0.15) is 44.8 Å². The summed E-state index contributed by atoms with van der Waals surface area (Å²) >= 11 is 0. The Morgan fingerprint density at radius 3 is 2.61 bits per heavy atom. The molecule has 1 aliphatic carbocycles. The maximum absolute atomic E-state index is 11.7. The van der Waals surface area contributed by atoms with Crippen LogP contribution < -0.4 is 0 Å². The topological polar surface area (TPSA) is 74.5 Å². The molecule has 1 heterocycles. The lowest BCUT2D eigenvalue weighted by molar-refractivity contribution is -0.144. The van der Waals surface area contributed by atoms with E-state index in [9.17, 15) is 4.79 Å². The standard InChI is InChI=1S/C12H18N2O4/c1-5-11(2,17-4)8-13-9(18-14-8)12(6-7-12)10(15)16-3/h5-7H2,1-4H3. The Kier molecular flexibility index (Phi) is 3.14. The monoisotopic (exact) mass is 254 g/mol. The Labute approximate surface area is 106 Å². The first kappa shape index (κ1) is 13.0. The minimum Gasteiger partial charge on any atom is -0.468 e. The fraction of sp³-hybridized carbons (Fsp3) is 0.750. The molecule has 100 valence electrons. The first-order valence-corrected chi connectivity index (χ1v) is 6.00. The van der Waals surface area contributed by atoms with Crippen molar-refractivity contribution in [1.82, 2.24) is 10.1 Å². The van der Waals surface area contributed by atoms with E-state index in [0.717, 1.165) is 0 Å². The van der Waals surface area contributed by atoms with Crippen molar-refractivity contribution in [2.45, 2.75) is 44.1 Å². The molecule has 0 aliphatic heterocycles. The summed E-state index contributed by atoms with van der Waals surface area (Å²) in [4.78, 5) is 16.0. The van der Waals surface area contributed by atoms with Crippen molar-refractivity contribution in [3.8, 4) is 0 Å². The van der Waals surface area contributed by atoms with Crippen LogP contribution in [0.15, 0.2) is 4.52 Å². The molecule has 1 saturated carbocycles. The van der Waals surface area contributed by atoms with E-state index in [-0.39, 0.29) is 5.97 Å². The summed E-state index contributed by atoms with van der Waals surface area (Å²) < 4.78 is 15.4. The number of carbonyl (C=O) groups excluding carboxylic acids is 1. The summed E-state index contributed by atoms with van der Waals surface area (Å²) in [5.74, 6) is 0.493. The van der Waals surface area contributed by atoms with E-state index in [1.165, 1.54) is 7.11 Å². The molecule has 0 amide bonds. The first-order valence-electron chi connectivity index (χ1n) is 6.00. The number of aromatic nitrogens is 2. The molecule has 6 nitrogen and oxygen atoms in total. The molecular weight excluding hydrogens is 236 g/mol. The van der Waals surface area contributed by atoms with Gasteiger partial charge in [-0.25, -0.2) is 0 Å². The highest BCUT2D eigenvalue weighted by Gasteiger charge is 2.57. The summed E-state index contributed by atoms with van der Waals surface area (Å²) in [6, 6.07) is 0. The predicted octanol–water partition coefficient (Wildman–Crippen LogP) is 1.55. The van der Waals surface area contributed by atoms with Gasteiger partial charge in [0.05, 0.1) is 7.11 Å². The van der Waals surface area contributed by atoms with Gasteiger partial charge in [0.2, 0.25) is 11.7 Å². The smallest absolute Gasteiger partial charge is 0.321 e. The summed E-state index contributed by atoms with van der Waals surface area (Å²) in [6.07, 6.45) is 2.10. The van der Waals surface area contributed by atoms with Gasteiger partial charge in [-0.15, -0.1) is 0 Å². The van der Waals surface area contributed by atoms with Gasteiger partial charge in [0.25, 0.3) is 0 Å². The van der Waals surface area contributed by atoms with Crippen LogP contribution in [0.4, 0.5) is 0 Å². The van der Waals surface area contributed by atoms with Gasteiger partial charge in [-0.3, -0.25) is 4.79 Å². The van der Waals surface area contributed by atoms with E-state index < -0.39 is 11.0 Å². The zero-order chi connectivity index (χ0) is 13.4. The highest BCUT2D eigenvalue weighted by molar-refractivity contribution is 5.85. The van der Waals surface area contributed by atoms with E-state index in [1.807, 2.05) is 13.8 Å². The van der Waals surface area contributed by atoms with Crippen LogP contribution in [0.5, 0.6) is 0 Å². The molecule has 0 aromatic carbocycles. The Morgan fingerprint density at radius 2 is 2.17 bits per heavy atom. The fourth-order valence-corrected chi connectivity index (χ4v) is 1.85. The fourth-order valence-electron chi connectivity index (χ4n) is 1.85. The number of hydrogen-bond acceptors (Lipinski definition) is 6. The van der Waals surface area contributed by atoms with Gasteiger partial charge in [0, 0.05) is 7.11 Å². The molecule has 0 spiro atoms. The van der Waals surface area contributed by atoms with Gasteiger partial charge in [-0.2, -0.15) is 4.98 Å². The molecule has 0 bridgehead atoms. The van der Waals surface area contributed by atoms with Gasteiger partial charge in [0.1, 0.15) is 11.0 Å². The lowest BCUT2D eigenvalue weighted by Gasteiger charge is -2.21. The summed E-state index contributed by atoms with van der Waals surface area (Å²) in [5, 5.41) is 3.93. The van der Waals surface area contributed by atoms with E-state index in [0.29, 0.717) is 31.0 Å². The molecule has 1 unspecified atom stereocenters. The van der Waals surface area contributed by atoms with Crippen molar-refractivity contribution in [3.63, 3.8) is 0 Å². The Morgan fingerprint density at radius 1 is 1.50 bits per heavy atom. The summed E-state index contributed by atoms with van der Waals surface area (Å²) in [7, 11) is 2.97. The molecule has 0 saturated heterocycles. The zero-order valence-electron chi connectivity index (χ0n) is 11.1. The maximum atomic E-state index is 11.7. The van der Waals surface area contributed by atoms with Crippen molar-refractivity contribution in [3.05, 3.63) is 11.7 Å². The van der Waals surface area contributed by atoms with Gasteiger partial charge in [-0.05, 0) is 26.2 Å². The Balaban J connectivity index is 2.29. The average molecular weight is 254 g/mol. The van der Waals surface area contributed by atoms with E-state index in [2.05, 4.69) is 10.1 Å². The Hall–Kier alpha value is -1.43. The molecule has 1 aromatic rings. The third-order valence-corrected chi connectivity index (χ3v) is 3.76. The van der Waals surface area contributed by atoms with Crippen molar-refractivity contribution in [2.24, 2.45) is 0 Å². The van der Waals surface area contributed by atoms with E-state index in [4.69, 9.17) is 14.0 Å². The normalized spacial score (nSPS) is 20.2. The Bertz CT molecular complexity index is 447. The van der Waals surface area contributed by atoms with Crippen LogP contribution in [0.25, 0.3) is 0 Å². The molecular formula is C12H18N2O4. The van der Waals surface area contributed by atoms with Crippen LogP contribution in [0, 0.1) is 0 Å². The van der Waals surface area contributed by atoms with Crippen LogP contribution in [-0.2, 0) is 25.3 Å². The van der Waals surface area contributed by atoms with Crippen LogP contribution in [0.3, 0.4) is 0 Å². The van der Waals surface area contributed by atoms with Crippen LogP contribution in [-0.4, -0.2) is 30.3 Å². The molecule has 6 heteroatoms. The lowest BCUT2D eigenvalue weighted by atomic mass is 10.0. The molecule has 1 aromatic heterocycles. The second-order valence-electron chi connectivity index (χ2n) is 4.79. The van der Waals surface area contributed by atoms with Crippen LogP contribution in [0.2, 0.25) is 0 Å². The van der Waals surface area contributed by atoms with Crippen LogP contribution >= 0.6 is 0 Å². The number of methoxy groups -OCH3 is 2. The number of carbonyl (C=O) groups is 1. The highest BCUT2D eigenvalue weighted by atomic mass is 16.5. The lowest BCUT2D eigenvalue weighted by Crippen LogP contribution is -2.26. The van der Waals surface area contributed by atoms with Gasteiger partial charge < -0.3 is 14.0 Å². The second kappa shape index (κ2) is 4.35. The third-order valence-electron chi connectivity index (χ3n) is 3.76. The van der Waals surface area contributed by atoms with Gasteiger partial charge >= 0.3 is 5.97 Å².